The number of fused-ring (bicyclic) bond motifs is 1. The Balaban J connectivity index is 1.65. The monoisotopic (exact) mass is 512 g/mol. The highest BCUT2D eigenvalue weighted by Gasteiger charge is 2.17. The first kappa shape index (κ1) is 24.6. The van der Waals surface area contributed by atoms with Crippen LogP contribution in [0.25, 0.3) is 21.3 Å². The van der Waals surface area contributed by atoms with Crippen LogP contribution in [0.15, 0.2) is 42.5 Å². The summed E-state index contributed by atoms with van der Waals surface area (Å²) in [6.07, 6.45) is -1.10. The van der Waals surface area contributed by atoms with Gasteiger partial charge in [0.2, 0.25) is 0 Å². The summed E-state index contributed by atoms with van der Waals surface area (Å²) >= 11 is 7.99. The first-order chi connectivity index (χ1) is 16.8. The van der Waals surface area contributed by atoms with Gasteiger partial charge in [0.1, 0.15) is 11.6 Å². The summed E-state index contributed by atoms with van der Waals surface area (Å²) in [6.45, 7) is 4.04. The van der Waals surface area contributed by atoms with Gasteiger partial charge in [-0.25, -0.2) is 14.8 Å². The second kappa shape index (κ2) is 10.4. The average Bonchev–Trinajstić information content (AvgIpc) is 3.32. The lowest BCUT2D eigenvalue weighted by Gasteiger charge is -2.17. The van der Waals surface area contributed by atoms with Crippen LogP contribution < -0.4 is 20.1 Å². The Bertz CT molecular complexity index is 1390. The second-order valence-corrected chi connectivity index (χ2v) is 9.36. The minimum atomic E-state index is -1.10. The number of hydrogen-bond acceptors (Lipinski definition) is 7. The molecule has 4 rings (SSSR count). The molecule has 0 aliphatic heterocycles. The van der Waals surface area contributed by atoms with Crippen molar-refractivity contribution in [3.63, 3.8) is 0 Å². The summed E-state index contributed by atoms with van der Waals surface area (Å²) < 4.78 is 10.9. The van der Waals surface area contributed by atoms with E-state index in [1.54, 1.807) is 31.6 Å². The Hall–Kier alpha value is -3.56. The number of aryl methyl sites for hydroxylation is 1. The molecular weight excluding hydrogens is 488 g/mol. The topological polar surface area (TPSA) is 106 Å². The Kier molecular flexibility index (Phi) is 7.28. The van der Waals surface area contributed by atoms with Gasteiger partial charge in [0, 0.05) is 32.8 Å². The minimum Gasteiger partial charge on any atom is -0.493 e. The van der Waals surface area contributed by atoms with Crippen LogP contribution in [0.1, 0.15) is 29.2 Å². The molecule has 35 heavy (non-hydrogen) atoms. The third kappa shape index (κ3) is 5.26. The van der Waals surface area contributed by atoms with E-state index in [1.165, 1.54) is 0 Å². The zero-order valence-electron chi connectivity index (χ0n) is 19.7. The molecule has 2 heterocycles. The highest BCUT2D eigenvalue weighted by atomic mass is 35.5. The lowest BCUT2D eigenvalue weighted by Crippen LogP contribution is -2.20. The fraction of sp³-hybridized carbons (Fsp3) is 0.240. The van der Waals surface area contributed by atoms with Crippen molar-refractivity contribution in [2.24, 2.45) is 0 Å². The number of amides is 1. The van der Waals surface area contributed by atoms with E-state index in [0.717, 1.165) is 31.8 Å². The molecule has 0 radical (unpaired) electrons. The van der Waals surface area contributed by atoms with Gasteiger partial charge in [-0.15, -0.1) is 11.3 Å². The number of methoxy groups -OCH3 is 2. The van der Waals surface area contributed by atoms with Crippen molar-refractivity contribution in [3.05, 3.63) is 63.8 Å². The molecule has 0 aliphatic rings. The van der Waals surface area contributed by atoms with Gasteiger partial charge in [-0.3, -0.25) is 0 Å². The largest absolute Gasteiger partial charge is 0.493 e. The standard InChI is InChI=1S/C25H25ClN4O4S/c1-13(28-24-16-10-20(33-3)21(34-4)11-19(16)29-14(2)30-24)22-8-9-23(35-22)15-6-5-7-18(26)17(15)12-27-25(31)32/h5-11,13,27H,12H2,1-4H3,(H,31,32)(H,28,29,30). The van der Waals surface area contributed by atoms with Crippen LogP contribution in [0.4, 0.5) is 10.6 Å². The first-order valence-corrected chi connectivity index (χ1v) is 12.0. The third-order valence-electron chi connectivity index (χ3n) is 5.52. The van der Waals surface area contributed by atoms with Gasteiger partial charge in [0.25, 0.3) is 0 Å². The normalized spacial score (nSPS) is 11.8. The number of nitrogens with one attached hydrogen (secondary N) is 2. The van der Waals surface area contributed by atoms with Crippen LogP contribution in [0.5, 0.6) is 11.5 Å². The summed E-state index contributed by atoms with van der Waals surface area (Å²) in [4.78, 5) is 22.3. The highest BCUT2D eigenvalue weighted by molar-refractivity contribution is 7.15. The molecule has 10 heteroatoms. The van der Waals surface area contributed by atoms with E-state index in [2.05, 4.69) is 27.5 Å². The van der Waals surface area contributed by atoms with Crippen molar-refractivity contribution >= 4 is 45.8 Å². The van der Waals surface area contributed by atoms with Crippen LogP contribution >= 0.6 is 22.9 Å². The van der Waals surface area contributed by atoms with Gasteiger partial charge in [-0.2, -0.15) is 0 Å². The van der Waals surface area contributed by atoms with Gasteiger partial charge in [0.15, 0.2) is 11.5 Å². The van der Waals surface area contributed by atoms with E-state index >= 15 is 0 Å². The van der Waals surface area contributed by atoms with E-state index < -0.39 is 6.09 Å². The van der Waals surface area contributed by atoms with E-state index in [4.69, 9.17) is 26.2 Å². The van der Waals surface area contributed by atoms with Crippen molar-refractivity contribution in [1.29, 1.82) is 0 Å². The molecule has 1 amide bonds. The molecule has 0 fully saturated rings. The molecule has 0 saturated carbocycles. The number of nitrogens with zero attached hydrogens (tertiary/aromatic N) is 2. The van der Waals surface area contributed by atoms with Crippen LogP contribution in [0.2, 0.25) is 5.02 Å². The molecule has 0 bridgehead atoms. The van der Waals surface area contributed by atoms with Crippen molar-refractivity contribution in [3.8, 4) is 21.9 Å². The summed E-state index contributed by atoms with van der Waals surface area (Å²) in [5.74, 6) is 2.55. The Labute approximate surface area is 211 Å². The van der Waals surface area contributed by atoms with Crippen LogP contribution in [0.3, 0.4) is 0 Å². The SMILES string of the molecule is COc1cc2nc(C)nc(NC(C)c3ccc(-c4cccc(Cl)c4CNC(=O)O)s3)c2cc1OC. The minimum absolute atomic E-state index is 0.0564. The Morgan fingerprint density at radius 3 is 2.60 bits per heavy atom. The predicted octanol–water partition coefficient (Wildman–Crippen LogP) is 6.28. The summed E-state index contributed by atoms with van der Waals surface area (Å²) in [5.41, 5.74) is 2.39. The summed E-state index contributed by atoms with van der Waals surface area (Å²) in [6, 6.07) is 13.3. The van der Waals surface area contributed by atoms with Crippen molar-refractivity contribution < 1.29 is 19.4 Å². The average molecular weight is 513 g/mol. The van der Waals surface area contributed by atoms with Crippen LogP contribution in [0, 0.1) is 6.92 Å². The zero-order valence-corrected chi connectivity index (χ0v) is 21.3. The van der Waals surface area contributed by atoms with Crippen LogP contribution in [-0.2, 0) is 6.54 Å². The second-order valence-electron chi connectivity index (χ2n) is 7.84. The van der Waals surface area contributed by atoms with Crippen LogP contribution in [-0.4, -0.2) is 35.4 Å². The number of benzene rings is 2. The number of halogens is 1. The number of rotatable bonds is 8. The maximum atomic E-state index is 11.0. The predicted molar refractivity (Wildman–Crippen MR) is 139 cm³/mol. The molecule has 0 spiro atoms. The molecule has 2 aromatic heterocycles. The van der Waals surface area contributed by atoms with E-state index in [1.807, 2.05) is 43.3 Å². The summed E-state index contributed by atoms with van der Waals surface area (Å²) in [7, 11) is 3.19. The molecule has 4 aromatic rings. The highest BCUT2D eigenvalue weighted by Crippen LogP contribution is 2.38. The van der Waals surface area contributed by atoms with Gasteiger partial charge in [0.05, 0.1) is 25.8 Å². The molecular formula is C25H25ClN4O4S. The number of carbonyl (C=O) groups is 1. The number of carboxylic acid groups (broad SMARTS) is 1. The van der Waals surface area contributed by atoms with Gasteiger partial charge < -0.3 is 25.2 Å². The van der Waals surface area contributed by atoms with Crippen molar-refractivity contribution in [1.82, 2.24) is 15.3 Å². The third-order valence-corrected chi connectivity index (χ3v) is 7.18. The fourth-order valence-electron chi connectivity index (χ4n) is 3.82. The molecule has 8 nitrogen and oxygen atoms in total. The molecule has 2 aromatic carbocycles. The van der Waals surface area contributed by atoms with Gasteiger partial charge >= 0.3 is 6.09 Å². The number of aromatic nitrogens is 2. The number of anilines is 1. The first-order valence-electron chi connectivity index (χ1n) is 10.8. The van der Waals surface area contributed by atoms with Crippen molar-refractivity contribution in [2.75, 3.05) is 19.5 Å². The van der Waals surface area contributed by atoms with E-state index in [-0.39, 0.29) is 12.6 Å². The molecule has 0 aliphatic carbocycles. The molecule has 1 unspecified atom stereocenters. The molecule has 3 N–H and O–H groups in total. The lowest BCUT2D eigenvalue weighted by atomic mass is 10.1. The number of thiophene rings is 1. The van der Waals surface area contributed by atoms with E-state index in [9.17, 15) is 4.79 Å². The Morgan fingerprint density at radius 1 is 1.14 bits per heavy atom. The van der Waals surface area contributed by atoms with Gasteiger partial charge in [-0.05, 0) is 49.2 Å². The lowest BCUT2D eigenvalue weighted by molar-refractivity contribution is 0.194. The smallest absolute Gasteiger partial charge is 0.404 e. The number of ether oxygens (including phenoxy) is 2. The molecule has 1 atom stereocenters. The maximum Gasteiger partial charge on any atom is 0.404 e. The maximum absolute atomic E-state index is 11.0. The number of hydrogen-bond donors (Lipinski definition) is 3. The molecule has 0 saturated heterocycles. The fourth-order valence-corrected chi connectivity index (χ4v) is 5.13. The molecule has 182 valence electrons. The zero-order chi connectivity index (χ0) is 25.1. The van der Waals surface area contributed by atoms with Crippen molar-refractivity contribution in [2.45, 2.75) is 26.4 Å². The Morgan fingerprint density at radius 2 is 1.89 bits per heavy atom. The summed E-state index contributed by atoms with van der Waals surface area (Å²) in [5, 5.41) is 16.3. The van der Waals surface area contributed by atoms with Gasteiger partial charge in [-0.1, -0.05) is 23.7 Å². The van der Waals surface area contributed by atoms with E-state index in [0.29, 0.717) is 28.2 Å². The quantitative estimate of drug-likeness (QED) is 0.255.